The highest BCUT2D eigenvalue weighted by Gasteiger charge is 2.12. The van der Waals surface area contributed by atoms with Crippen molar-refractivity contribution in [2.45, 2.75) is 26.8 Å². The number of esters is 1. The lowest BCUT2D eigenvalue weighted by molar-refractivity contribution is 0.0601. The summed E-state index contributed by atoms with van der Waals surface area (Å²) in [6, 6.07) is 5.58. The number of aryl methyl sites for hydroxylation is 2. The van der Waals surface area contributed by atoms with Crippen LogP contribution in [0, 0.1) is 13.8 Å². The Labute approximate surface area is 122 Å². The number of aromatic nitrogens is 1. The predicted molar refractivity (Wildman–Crippen MR) is 81.4 cm³/mol. The maximum atomic E-state index is 11.6. The number of hydrogen-bond donors (Lipinski definition) is 1. The van der Waals surface area contributed by atoms with Gasteiger partial charge in [0.05, 0.1) is 29.4 Å². The van der Waals surface area contributed by atoms with Crippen LogP contribution in [0.15, 0.2) is 23.6 Å². The molecule has 0 bridgehead atoms. The van der Waals surface area contributed by atoms with Gasteiger partial charge in [-0.05, 0) is 38.5 Å². The Balaban J connectivity index is 2.22. The van der Waals surface area contributed by atoms with Crippen molar-refractivity contribution in [3.05, 3.63) is 45.4 Å². The summed E-state index contributed by atoms with van der Waals surface area (Å²) in [6.07, 6.45) is 0. The first-order chi connectivity index (χ1) is 9.51. The zero-order chi connectivity index (χ0) is 14.7. The second-order valence-electron chi connectivity index (χ2n) is 4.68. The molecule has 106 valence electrons. The number of carbonyl (C=O) groups excluding carboxylic acids is 1. The van der Waals surface area contributed by atoms with Gasteiger partial charge in [0.1, 0.15) is 0 Å². The van der Waals surface area contributed by atoms with Gasteiger partial charge in [0.25, 0.3) is 0 Å². The van der Waals surface area contributed by atoms with Crippen LogP contribution in [0.4, 0.5) is 5.69 Å². The molecular weight excluding hydrogens is 272 g/mol. The summed E-state index contributed by atoms with van der Waals surface area (Å²) in [6.45, 7) is 6.05. The SMILES string of the molecule is COC(=O)c1ccc(C)c(NC(C)c2csc(C)n2)c1. The van der Waals surface area contributed by atoms with Crippen molar-refractivity contribution in [3.8, 4) is 0 Å². The first kappa shape index (κ1) is 14.5. The molecule has 1 unspecified atom stereocenters. The van der Waals surface area contributed by atoms with E-state index in [9.17, 15) is 4.79 Å². The number of rotatable bonds is 4. The fraction of sp³-hybridized carbons (Fsp3) is 0.333. The van der Waals surface area contributed by atoms with Crippen LogP contribution in [0.25, 0.3) is 0 Å². The third-order valence-corrected chi connectivity index (χ3v) is 3.90. The number of hydrogen-bond acceptors (Lipinski definition) is 5. The average Bonchev–Trinajstić information content (AvgIpc) is 2.87. The normalized spacial score (nSPS) is 12.0. The van der Waals surface area contributed by atoms with Gasteiger partial charge in [-0.2, -0.15) is 0 Å². The second-order valence-corrected chi connectivity index (χ2v) is 5.74. The van der Waals surface area contributed by atoms with E-state index in [1.807, 2.05) is 31.4 Å². The largest absolute Gasteiger partial charge is 0.465 e. The Morgan fingerprint density at radius 3 is 2.75 bits per heavy atom. The number of anilines is 1. The lowest BCUT2D eigenvalue weighted by Gasteiger charge is -2.16. The van der Waals surface area contributed by atoms with Crippen molar-refractivity contribution >= 4 is 23.0 Å². The maximum Gasteiger partial charge on any atom is 0.337 e. The average molecular weight is 290 g/mol. The van der Waals surface area contributed by atoms with Gasteiger partial charge < -0.3 is 10.1 Å². The fourth-order valence-corrected chi connectivity index (χ4v) is 2.61. The smallest absolute Gasteiger partial charge is 0.337 e. The van der Waals surface area contributed by atoms with Crippen LogP contribution in [-0.2, 0) is 4.74 Å². The van der Waals surface area contributed by atoms with E-state index in [-0.39, 0.29) is 12.0 Å². The van der Waals surface area contributed by atoms with Crippen LogP contribution >= 0.6 is 11.3 Å². The third-order valence-electron chi connectivity index (χ3n) is 3.11. The lowest BCUT2D eigenvalue weighted by atomic mass is 10.1. The Morgan fingerprint density at radius 2 is 2.15 bits per heavy atom. The van der Waals surface area contributed by atoms with Crippen LogP contribution in [0.2, 0.25) is 0 Å². The van der Waals surface area contributed by atoms with Gasteiger partial charge in [-0.3, -0.25) is 0 Å². The molecule has 0 aliphatic heterocycles. The van der Waals surface area contributed by atoms with Crippen LogP contribution in [0.3, 0.4) is 0 Å². The van der Waals surface area contributed by atoms with E-state index >= 15 is 0 Å². The minimum Gasteiger partial charge on any atom is -0.465 e. The molecule has 0 radical (unpaired) electrons. The number of thiazole rings is 1. The van der Waals surface area contributed by atoms with Crippen molar-refractivity contribution < 1.29 is 9.53 Å². The zero-order valence-corrected chi connectivity index (χ0v) is 12.9. The van der Waals surface area contributed by atoms with Gasteiger partial charge in [0.2, 0.25) is 0 Å². The van der Waals surface area contributed by atoms with Crippen LogP contribution in [0.5, 0.6) is 0 Å². The third kappa shape index (κ3) is 3.17. The molecule has 2 aromatic rings. The van der Waals surface area contributed by atoms with E-state index in [1.54, 1.807) is 17.4 Å². The quantitative estimate of drug-likeness (QED) is 0.872. The summed E-state index contributed by atoms with van der Waals surface area (Å²) in [5.74, 6) is -0.329. The van der Waals surface area contributed by atoms with Gasteiger partial charge >= 0.3 is 5.97 Å². The summed E-state index contributed by atoms with van der Waals surface area (Å²) in [7, 11) is 1.38. The molecule has 1 atom stereocenters. The minimum absolute atomic E-state index is 0.0894. The van der Waals surface area contributed by atoms with E-state index in [0.29, 0.717) is 5.56 Å². The highest BCUT2D eigenvalue weighted by molar-refractivity contribution is 7.09. The topological polar surface area (TPSA) is 51.2 Å². The van der Waals surface area contributed by atoms with Gasteiger partial charge in [-0.1, -0.05) is 6.07 Å². The molecule has 5 heteroatoms. The molecule has 0 fully saturated rings. The molecule has 20 heavy (non-hydrogen) atoms. The molecule has 1 heterocycles. The lowest BCUT2D eigenvalue weighted by Crippen LogP contribution is -2.09. The predicted octanol–water partition coefficient (Wildman–Crippen LogP) is 3.72. The van der Waals surface area contributed by atoms with Crippen molar-refractivity contribution in [1.82, 2.24) is 4.98 Å². The molecule has 0 aliphatic rings. The standard InChI is InChI=1S/C15H18N2O2S/c1-9-5-6-12(15(18)19-4)7-13(9)16-10(2)14-8-20-11(3)17-14/h5-8,10,16H,1-4H3. The molecule has 1 aromatic heterocycles. The number of benzene rings is 1. The Bertz CT molecular complexity index is 622. The van der Waals surface area contributed by atoms with E-state index in [2.05, 4.69) is 17.2 Å². The van der Waals surface area contributed by atoms with E-state index in [1.165, 1.54) is 7.11 Å². The number of ether oxygens (including phenoxy) is 1. The molecule has 0 aliphatic carbocycles. The molecule has 2 rings (SSSR count). The Hall–Kier alpha value is -1.88. The summed E-state index contributed by atoms with van der Waals surface area (Å²) in [4.78, 5) is 16.0. The number of nitrogens with one attached hydrogen (secondary N) is 1. The van der Waals surface area contributed by atoms with Crippen molar-refractivity contribution in [1.29, 1.82) is 0 Å². The van der Waals surface area contributed by atoms with Crippen LogP contribution in [0.1, 0.15) is 39.6 Å². The zero-order valence-electron chi connectivity index (χ0n) is 12.1. The van der Waals surface area contributed by atoms with Gasteiger partial charge in [-0.15, -0.1) is 11.3 Å². The van der Waals surface area contributed by atoms with Crippen molar-refractivity contribution in [2.75, 3.05) is 12.4 Å². The van der Waals surface area contributed by atoms with Gasteiger partial charge in [0.15, 0.2) is 0 Å². The fourth-order valence-electron chi connectivity index (χ4n) is 1.91. The first-order valence-corrected chi connectivity index (χ1v) is 7.26. The van der Waals surface area contributed by atoms with Gasteiger partial charge in [-0.25, -0.2) is 9.78 Å². The molecule has 0 saturated carbocycles. The summed E-state index contributed by atoms with van der Waals surface area (Å²) in [5, 5.41) is 6.49. The van der Waals surface area contributed by atoms with E-state index in [0.717, 1.165) is 22.0 Å². The summed E-state index contributed by atoms with van der Waals surface area (Å²) >= 11 is 1.63. The first-order valence-electron chi connectivity index (χ1n) is 6.38. The molecule has 0 spiro atoms. The van der Waals surface area contributed by atoms with E-state index < -0.39 is 0 Å². The van der Waals surface area contributed by atoms with E-state index in [4.69, 9.17) is 4.74 Å². The second kappa shape index (κ2) is 6.05. The summed E-state index contributed by atoms with van der Waals surface area (Å²) < 4.78 is 4.75. The number of nitrogens with zero attached hydrogens (tertiary/aromatic N) is 1. The molecule has 1 N–H and O–H groups in total. The van der Waals surface area contributed by atoms with Crippen LogP contribution < -0.4 is 5.32 Å². The number of carbonyl (C=O) groups is 1. The molecule has 0 saturated heterocycles. The Kier molecular flexibility index (Phi) is 4.39. The highest BCUT2D eigenvalue weighted by Crippen LogP contribution is 2.24. The van der Waals surface area contributed by atoms with Crippen LogP contribution in [-0.4, -0.2) is 18.1 Å². The van der Waals surface area contributed by atoms with Crippen molar-refractivity contribution in [2.24, 2.45) is 0 Å². The minimum atomic E-state index is -0.329. The highest BCUT2D eigenvalue weighted by atomic mass is 32.1. The molecular formula is C15H18N2O2S. The monoisotopic (exact) mass is 290 g/mol. The van der Waals surface area contributed by atoms with Gasteiger partial charge in [0, 0.05) is 11.1 Å². The molecule has 0 amide bonds. The molecule has 1 aromatic carbocycles. The van der Waals surface area contributed by atoms with Crippen molar-refractivity contribution in [3.63, 3.8) is 0 Å². The summed E-state index contributed by atoms with van der Waals surface area (Å²) in [5.41, 5.74) is 3.56. The Morgan fingerprint density at radius 1 is 1.40 bits per heavy atom. The number of methoxy groups -OCH3 is 1. The maximum absolute atomic E-state index is 11.6. The molecule has 4 nitrogen and oxygen atoms in total.